The minimum absolute atomic E-state index is 0.258. The van der Waals surface area contributed by atoms with Crippen molar-refractivity contribution in [3.05, 3.63) is 72.2 Å². The lowest BCUT2D eigenvalue weighted by atomic mass is 10.2. The molecule has 0 unspecified atom stereocenters. The normalized spacial score (nSPS) is 12.3. The zero-order valence-corrected chi connectivity index (χ0v) is 14.5. The summed E-state index contributed by atoms with van der Waals surface area (Å²) in [5, 5.41) is 6.01. The van der Waals surface area contributed by atoms with Crippen LogP contribution in [0.3, 0.4) is 0 Å². The molecule has 0 radical (unpaired) electrons. The van der Waals surface area contributed by atoms with Crippen molar-refractivity contribution < 1.29 is 14.3 Å². The van der Waals surface area contributed by atoms with Crippen molar-refractivity contribution in [3.8, 4) is 11.5 Å². The number of amides is 1. The third-order valence-electron chi connectivity index (χ3n) is 4.01. The van der Waals surface area contributed by atoms with Gasteiger partial charge in [-0.1, -0.05) is 30.3 Å². The monoisotopic (exact) mass is 362 g/mol. The van der Waals surface area contributed by atoms with Crippen LogP contribution >= 0.6 is 0 Å². The molecular weight excluding hydrogens is 344 g/mol. The van der Waals surface area contributed by atoms with Crippen LogP contribution in [0.15, 0.2) is 60.9 Å². The molecule has 7 heteroatoms. The van der Waals surface area contributed by atoms with Gasteiger partial charge in [0, 0.05) is 24.4 Å². The lowest BCUT2D eigenvalue weighted by Gasteiger charge is -2.19. The molecule has 0 bridgehead atoms. The highest BCUT2D eigenvalue weighted by molar-refractivity contribution is 5.92. The summed E-state index contributed by atoms with van der Waals surface area (Å²) in [6, 6.07) is 16.9. The minimum Gasteiger partial charge on any atom is -0.486 e. The third-order valence-corrected chi connectivity index (χ3v) is 4.01. The lowest BCUT2D eigenvalue weighted by Crippen LogP contribution is -2.24. The number of carbonyl (C=O) groups is 1. The molecule has 1 amide bonds. The zero-order chi connectivity index (χ0) is 18.5. The van der Waals surface area contributed by atoms with E-state index in [0.717, 1.165) is 17.0 Å². The maximum absolute atomic E-state index is 12.3. The van der Waals surface area contributed by atoms with Gasteiger partial charge in [-0.3, -0.25) is 4.79 Å². The fourth-order valence-corrected chi connectivity index (χ4v) is 2.69. The van der Waals surface area contributed by atoms with Crippen molar-refractivity contribution >= 4 is 17.4 Å². The Morgan fingerprint density at radius 1 is 0.963 bits per heavy atom. The molecule has 4 rings (SSSR count). The topological polar surface area (TPSA) is 85.4 Å². The van der Waals surface area contributed by atoms with E-state index in [1.165, 1.54) is 6.33 Å². The summed E-state index contributed by atoms with van der Waals surface area (Å²) in [6.45, 7) is 1.51. The van der Waals surface area contributed by atoms with Gasteiger partial charge in [-0.05, 0) is 17.7 Å². The van der Waals surface area contributed by atoms with Crippen molar-refractivity contribution in [1.29, 1.82) is 0 Å². The first kappa shape index (κ1) is 16.8. The summed E-state index contributed by atoms with van der Waals surface area (Å²) in [6.07, 6.45) is 1.36. The number of hydrogen-bond acceptors (Lipinski definition) is 6. The average Bonchev–Trinajstić information content (AvgIpc) is 2.73. The van der Waals surface area contributed by atoms with E-state index in [4.69, 9.17) is 9.47 Å². The Labute approximate surface area is 156 Å². The van der Waals surface area contributed by atoms with Gasteiger partial charge in [0.1, 0.15) is 31.1 Å². The summed E-state index contributed by atoms with van der Waals surface area (Å²) in [5.41, 5.74) is 2.10. The number of carbonyl (C=O) groups excluding carboxylic acids is 1. The average molecular weight is 362 g/mol. The molecule has 2 heterocycles. The number of ether oxygens (including phenoxy) is 2. The van der Waals surface area contributed by atoms with Crippen LogP contribution in [0.5, 0.6) is 11.5 Å². The molecule has 1 aliphatic rings. The van der Waals surface area contributed by atoms with Crippen molar-refractivity contribution in [2.75, 3.05) is 18.5 Å². The van der Waals surface area contributed by atoms with E-state index in [9.17, 15) is 4.79 Å². The number of nitrogens with zero attached hydrogens (tertiary/aromatic N) is 2. The van der Waals surface area contributed by atoms with Gasteiger partial charge in [0.15, 0.2) is 11.5 Å². The maximum Gasteiger partial charge on any atom is 0.270 e. The van der Waals surface area contributed by atoms with Crippen LogP contribution < -0.4 is 20.1 Å². The van der Waals surface area contributed by atoms with Gasteiger partial charge < -0.3 is 20.1 Å². The van der Waals surface area contributed by atoms with Crippen molar-refractivity contribution in [2.24, 2.45) is 0 Å². The quantitative estimate of drug-likeness (QED) is 0.726. The molecule has 0 spiro atoms. The second-order valence-electron chi connectivity index (χ2n) is 5.94. The summed E-state index contributed by atoms with van der Waals surface area (Å²) >= 11 is 0. The highest BCUT2D eigenvalue weighted by atomic mass is 16.6. The Morgan fingerprint density at radius 3 is 2.63 bits per heavy atom. The molecule has 7 nitrogen and oxygen atoms in total. The Hall–Kier alpha value is -3.61. The van der Waals surface area contributed by atoms with Crippen LogP contribution in [0.1, 0.15) is 16.1 Å². The first-order valence-electron chi connectivity index (χ1n) is 8.59. The number of rotatable bonds is 5. The van der Waals surface area contributed by atoms with Crippen LogP contribution in [-0.4, -0.2) is 29.1 Å². The molecule has 136 valence electrons. The maximum atomic E-state index is 12.3. The van der Waals surface area contributed by atoms with Crippen LogP contribution in [0, 0.1) is 0 Å². The first-order valence-corrected chi connectivity index (χ1v) is 8.59. The predicted octanol–water partition coefficient (Wildman–Crippen LogP) is 2.92. The summed E-state index contributed by atoms with van der Waals surface area (Å²) in [5.74, 6) is 1.66. The van der Waals surface area contributed by atoms with E-state index in [1.54, 1.807) is 6.07 Å². The molecule has 2 aromatic carbocycles. The van der Waals surface area contributed by atoms with Crippen LogP contribution in [0.25, 0.3) is 0 Å². The number of aromatic nitrogens is 2. The molecule has 0 saturated heterocycles. The van der Waals surface area contributed by atoms with Crippen LogP contribution in [0.4, 0.5) is 11.5 Å². The van der Waals surface area contributed by atoms with Crippen molar-refractivity contribution in [3.63, 3.8) is 0 Å². The van der Waals surface area contributed by atoms with Crippen molar-refractivity contribution in [2.45, 2.75) is 6.54 Å². The predicted molar refractivity (Wildman–Crippen MR) is 100 cm³/mol. The minimum atomic E-state index is -0.258. The molecular formula is C20H18N4O3. The Balaban J connectivity index is 1.43. The molecule has 1 aliphatic heterocycles. The van der Waals surface area contributed by atoms with Gasteiger partial charge in [-0.15, -0.1) is 0 Å². The second-order valence-corrected chi connectivity index (χ2v) is 5.94. The first-order chi connectivity index (χ1) is 13.3. The van der Waals surface area contributed by atoms with Crippen LogP contribution in [-0.2, 0) is 6.54 Å². The molecule has 0 fully saturated rings. The largest absolute Gasteiger partial charge is 0.486 e. The number of benzene rings is 2. The van der Waals surface area contributed by atoms with Gasteiger partial charge in [0.2, 0.25) is 0 Å². The van der Waals surface area contributed by atoms with Gasteiger partial charge in [0.25, 0.3) is 5.91 Å². The number of nitrogens with one attached hydrogen (secondary N) is 2. The molecule has 0 aliphatic carbocycles. The standard InChI is InChI=1S/C20H18N4O3/c25-20(21-12-14-4-2-1-3-5-14)16-11-19(23-13-22-16)24-15-6-7-17-18(10-15)27-9-8-26-17/h1-7,10-11,13H,8-9,12H2,(H,21,25)(H,22,23,24). The Morgan fingerprint density at radius 2 is 1.78 bits per heavy atom. The van der Waals surface area contributed by atoms with E-state index in [2.05, 4.69) is 20.6 Å². The SMILES string of the molecule is O=C(NCc1ccccc1)c1cc(Nc2ccc3c(c2)OCCO3)ncn1. The highest BCUT2D eigenvalue weighted by Crippen LogP contribution is 2.33. The molecule has 3 aromatic rings. The van der Waals surface area contributed by atoms with E-state index in [0.29, 0.717) is 37.0 Å². The van der Waals surface area contributed by atoms with Gasteiger partial charge >= 0.3 is 0 Å². The second kappa shape index (κ2) is 7.74. The highest BCUT2D eigenvalue weighted by Gasteiger charge is 2.13. The number of hydrogen-bond donors (Lipinski definition) is 2. The molecule has 0 atom stereocenters. The van der Waals surface area contributed by atoms with E-state index in [-0.39, 0.29) is 5.91 Å². The summed E-state index contributed by atoms with van der Waals surface area (Å²) < 4.78 is 11.1. The smallest absolute Gasteiger partial charge is 0.270 e. The molecule has 0 saturated carbocycles. The van der Waals surface area contributed by atoms with Gasteiger partial charge in [-0.2, -0.15) is 0 Å². The fourth-order valence-electron chi connectivity index (χ4n) is 2.69. The van der Waals surface area contributed by atoms with E-state index >= 15 is 0 Å². The summed E-state index contributed by atoms with van der Waals surface area (Å²) in [7, 11) is 0. The zero-order valence-electron chi connectivity index (χ0n) is 14.5. The number of anilines is 2. The van der Waals surface area contributed by atoms with Crippen LogP contribution in [0.2, 0.25) is 0 Å². The molecule has 2 N–H and O–H groups in total. The lowest BCUT2D eigenvalue weighted by molar-refractivity contribution is 0.0946. The molecule has 1 aromatic heterocycles. The van der Waals surface area contributed by atoms with E-state index < -0.39 is 0 Å². The van der Waals surface area contributed by atoms with E-state index in [1.807, 2.05) is 48.5 Å². The number of fused-ring (bicyclic) bond motifs is 1. The Bertz CT molecular complexity index is 947. The third kappa shape index (κ3) is 4.14. The van der Waals surface area contributed by atoms with Gasteiger partial charge in [-0.25, -0.2) is 9.97 Å². The summed E-state index contributed by atoms with van der Waals surface area (Å²) in [4.78, 5) is 20.6. The van der Waals surface area contributed by atoms with Crippen molar-refractivity contribution in [1.82, 2.24) is 15.3 Å². The van der Waals surface area contributed by atoms with Gasteiger partial charge in [0.05, 0.1) is 0 Å². The Kier molecular flexibility index (Phi) is 4.82. The molecule has 27 heavy (non-hydrogen) atoms. The fraction of sp³-hybridized carbons (Fsp3) is 0.150.